The number of furan rings is 1. The normalized spacial score (nSPS) is 12.3. The molecule has 1 N–H and O–H groups in total. The first-order valence-corrected chi connectivity index (χ1v) is 9.09. The van der Waals surface area contributed by atoms with Gasteiger partial charge in [-0.3, -0.25) is 4.79 Å². The molecule has 0 bridgehead atoms. The van der Waals surface area contributed by atoms with Crippen LogP contribution in [0.2, 0.25) is 0 Å². The Hall–Kier alpha value is -3.21. The van der Waals surface area contributed by atoms with Gasteiger partial charge in [-0.15, -0.1) is 0 Å². The van der Waals surface area contributed by atoms with Crippen molar-refractivity contribution in [1.82, 2.24) is 5.32 Å². The highest BCUT2D eigenvalue weighted by atomic mass is 16.5. The Morgan fingerprint density at radius 2 is 1.68 bits per heavy atom. The number of methoxy groups -OCH3 is 2. The number of hydrogen-bond donors (Lipinski definition) is 1. The molecule has 1 heterocycles. The summed E-state index contributed by atoms with van der Waals surface area (Å²) >= 11 is 0. The summed E-state index contributed by atoms with van der Waals surface area (Å²) in [5.41, 5.74) is 0.988. The Labute approximate surface area is 165 Å². The molecule has 2 aromatic carbocycles. The molecule has 0 spiro atoms. The van der Waals surface area contributed by atoms with Crippen LogP contribution in [0.3, 0.4) is 0 Å². The zero-order valence-electron chi connectivity index (χ0n) is 16.6. The van der Waals surface area contributed by atoms with E-state index in [-0.39, 0.29) is 11.9 Å². The average molecular weight is 379 g/mol. The second-order valence-electron chi connectivity index (χ2n) is 7.03. The van der Waals surface area contributed by atoms with Crippen molar-refractivity contribution >= 4 is 5.91 Å². The molecule has 0 unspecified atom stereocenters. The molecule has 1 aromatic heterocycles. The molecule has 0 fully saturated rings. The molecule has 0 radical (unpaired) electrons. The minimum Gasteiger partial charge on any atom is -0.493 e. The van der Waals surface area contributed by atoms with Crippen molar-refractivity contribution in [3.8, 4) is 11.5 Å². The minimum atomic E-state index is -0.792. The smallest absolute Gasteiger partial charge is 0.230 e. The highest BCUT2D eigenvalue weighted by Gasteiger charge is 2.33. The van der Waals surface area contributed by atoms with Gasteiger partial charge in [0.2, 0.25) is 5.91 Å². The van der Waals surface area contributed by atoms with Gasteiger partial charge >= 0.3 is 0 Å². The van der Waals surface area contributed by atoms with Gasteiger partial charge in [0, 0.05) is 0 Å². The van der Waals surface area contributed by atoms with Gasteiger partial charge in [0.25, 0.3) is 0 Å². The van der Waals surface area contributed by atoms with Crippen molar-refractivity contribution in [2.45, 2.75) is 25.3 Å². The van der Waals surface area contributed by atoms with Gasteiger partial charge in [0.05, 0.1) is 25.9 Å². The third-order valence-corrected chi connectivity index (χ3v) is 4.91. The minimum absolute atomic E-state index is 0.120. The monoisotopic (exact) mass is 379 g/mol. The quantitative estimate of drug-likeness (QED) is 0.657. The first kappa shape index (κ1) is 19.5. The van der Waals surface area contributed by atoms with E-state index < -0.39 is 5.41 Å². The average Bonchev–Trinajstić information content (AvgIpc) is 3.26. The topological polar surface area (TPSA) is 60.7 Å². The maximum Gasteiger partial charge on any atom is 0.230 e. The highest BCUT2D eigenvalue weighted by molar-refractivity contribution is 5.88. The van der Waals surface area contributed by atoms with Crippen molar-refractivity contribution in [2.75, 3.05) is 14.2 Å². The first-order chi connectivity index (χ1) is 13.5. The van der Waals surface area contributed by atoms with E-state index in [0.29, 0.717) is 17.3 Å². The van der Waals surface area contributed by atoms with Gasteiger partial charge in [0.1, 0.15) is 11.8 Å². The number of hydrogen-bond acceptors (Lipinski definition) is 4. The molecule has 1 atom stereocenters. The van der Waals surface area contributed by atoms with Crippen molar-refractivity contribution in [3.63, 3.8) is 0 Å². The molecule has 3 aromatic rings. The van der Waals surface area contributed by atoms with E-state index in [1.165, 1.54) is 0 Å². The molecule has 0 aliphatic rings. The molecular formula is C23H25NO4. The lowest BCUT2D eigenvalue weighted by Crippen LogP contribution is -2.42. The summed E-state index contributed by atoms with van der Waals surface area (Å²) in [6.45, 7) is 3.77. The zero-order valence-corrected chi connectivity index (χ0v) is 16.6. The highest BCUT2D eigenvalue weighted by Crippen LogP contribution is 2.34. The Bertz CT molecular complexity index is 917. The maximum absolute atomic E-state index is 13.3. The third kappa shape index (κ3) is 3.88. The van der Waals surface area contributed by atoms with Crippen LogP contribution < -0.4 is 14.8 Å². The van der Waals surface area contributed by atoms with Gasteiger partial charge < -0.3 is 19.2 Å². The van der Waals surface area contributed by atoms with Crippen LogP contribution in [0.15, 0.2) is 71.3 Å². The van der Waals surface area contributed by atoms with E-state index in [1.54, 1.807) is 20.5 Å². The van der Waals surface area contributed by atoms with E-state index in [0.717, 1.165) is 11.1 Å². The van der Waals surface area contributed by atoms with Crippen LogP contribution in [0.5, 0.6) is 11.5 Å². The summed E-state index contributed by atoms with van der Waals surface area (Å²) in [4.78, 5) is 13.3. The summed E-state index contributed by atoms with van der Waals surface area (Å²) < 4.78 is 16.3. The van der Waals surface area contributed by atoms with Gasteiger partial charge in [-0.05, 0) is 49.2 Å². The Kier molecular flexibility index (Phi) is 5.73. The Balaban J connectivity index is 1.91. The lowest BCUT2D eigenvalue weighted by Gasteiger charge is -2.28. The van der Waals surface area contributed by atoms with Crippen molar-refractivity contribution in [1.29, 1.82) is 0 Å². The molecule has 0 aliphatic carbocycles. The van der Waals surface area contributed by atoms with Gasteiger partial charge in [-0.2, -0.15) is 0 Å². The van der Waals surface area contributed by atoms with Gasteiger partial charge in [-0.25, -0.2) is 0 Å². The molecule has 28 heavy (non-hydrogen) atoms. The summed E-state index contributed by atoms with van der Waals surface area (Å²) in [7, 11) is 3.17. The number of benzene rings is 2. The van der Waals surface area contributed by atoms with Crippen molar-refractivity contribution in [3.05, 3.63) is 83.8 Å². The lowest BCUT2D eigenvalue weighted by molar-refractivity contribution is -0.126. The molecule has 0 saturated heterocycles. The Morgan fingerprint density at radius 1 is 0.964 bits per heavy atom. The number of nitrogens with one attached hydrogen (secondary N) is 1. The van der Waals surface area contributed by atoms with Gasteiger partial charge in [0.15, 0.2) is 11.5 Å². The van der Waals surface area contributed by atoms with Crippen LogP contribution in [0, 0.1) is 0 Å². The van der Waals surface area contributed by atoms with Crippen LogP contribution in [-0.4, -0.2) is 20.1 Å². The van der Waals surface area contributed by atoms with Crippen LogP contribution in [0.25, 0.3) is 0 Å². The zero-order chi connectivity index (χ0) is 20.1. The lowest BCUT2D eigenvalue weighted by atomic mass is 9.83. The SMILES string of the molecule is COc1ccc(C(C)(C)C(=O)N[C@H](c2ccccc2)c2ccco2)cc1OC. The van der Waals surface area contributed by atoms with Crippen LogP contribution >= 0.6 is 0 Å². The van der Waals surface area contributed by atoms with E-state index in [4.69, 9.17) is 13.9 Å². The summed E-state index contributed by atoms with van der Waals surface area (Å²) in [6.07, 6.45) is 1.61. The largest absolute Gasteiger partial charge is 0.493 e. The van der Waals surface area contributed by atoms with E-state index in [9.17, 15) is 4.79 Å². The van der Waals surface area contributed by atoms with Crippen molar-refractivity contribution < 1.29 is 18.7 Å². The molecule has 1 amide bonds. The van der Waals surface area contributed by atoms with Crippen LogP contribution in [0.4, 0.5) is 0 Å². The van der Waals surface area contributed by atoms with E-state index >= 15 is 0 Å². The molecular weight excluding hydrogens is 354 g/mol. The summed E-state index contributed by atoms with van der Waals surface area (Å²) in [5, 5.41) is 3.14. The fraction of sp³-hybridized carbons (Fsp3) is 0.261. The first-order valence-electron chi connectivity index (χ1n) is 9.09. The second kappa shape index (κ2) is 8.21. The summed E-state index contributed by atoms with van der Waals surface area (Å²) in [6, 6.07) is 18.6. The summed E-state index contributed by atoms with van der Waals surface area (Å²) in [5.74, 6) is 1.78. The van der Waals surface area contributed by atoms with Crippen LogP contribution in [0.1, 0.15) is 36.8 Å². The molecule has 0 aliphatic heterocycles. The maximum atomic E-state index is 13.3. The predicted molar refractivity (Wildman–Crippen MR) is 108 cm³/mol. The van der Waals surface area contributed by atoms with Crippen LogP contribution in [-0.2, 0) is 10.2 Å². The number of ether oxygens (including phenoxy) is 2. The fourth-order valence-electron chi connectivity index (χ4n) is 3.09. The van der Waals surface area contributed by atoms with Gasteiger partial charge in [-0.1, -0.05) is 36.4 Å². The van der Waals surface area contributed by atoms with Crippen molar-refractivity contribution in [2.24, 2.45) is 0 Å². The molecule has 5 heteroatoms. The molecule has 0 saturated carbocycles. The number of rotatable bonds is 7. The van der Waals surface area contributed by atoms with E-state index in [1.807, 2.05) is 74.5 Å². The van der Waals surface area contributed by atoms with E-state index in [2.05, 4.69) is 5.32 Å². The fourth-order valence-corrected chi connectivity index (χ4v) is 3.09. The Morgan fingerprint density at radius 3 is 2.29 bits per heavy atom. The number of amides is 1. The second-order valence-corrected chi connectivity index (χ2v) is 7.03. The third-order valence-electron chi connectivity index (χ3n) is 4.91. The standard InChI is InChI=1S/C23H25NO4/c1-23(2,17-12-13-18(26-3)20(15-17)27-4)22(25)24-21(19-11-8-14-28-19)16-9-6-5-7-10-16/h5-15,21H,1-4H3,(H,24,25)/t21-/m1/s1. The molecule has 5 nitrogen and oxygen atoms in total. The molecule has 3 rings (SSSR count). The number of carbonyl (C=O) groups excluding carboxylic acids is 1. The molecule has 146 valence electrons. The predicted octanol–water partition coefficient (Wildman–Crippen LogP) is 4.48. The number of carbonyl (C=O) groups is 1.